The highest BCUT2D eigenvalue weighted by Gasteiger charge is 2.35. The van der Waals surface area contributed by atoms with Crippen LogP contribution in [0.15, 0.2) is 77.7 Å². The normalized spacial score (nSPS) is 14.5. The van der Waals surface area contributed by atoms with Crippen molar-refractivity contribution in [2.24, 2.45) is 0 Å². The first kappa shape index (κ1) is 22.9. The fourth-order valence-electron chi connectivity index (χ4n) is 3.08. The Labute approximate surface area is 196 Å². The van der Waals surface area contributed by atoms with Crippen molar-refractivity contribution in [1.29, 1.82) is 0 Å². The van der Waals surface area contributed by atoms with E-state index in [1.54, 1.807) is 18.2 Å². The third-order valence-electron chi connectivity index (χ3n) is 4.83. The molecule has 1 aliphatic heterocycles. The second-order valence-electron chi connectivity index (χ2n) is 7.16. The van der Waals surface area contributed by atoms with Crippen LogP contribution < -0.4 is 4.74 Å². The Balaban J connectivity index is 1.42. The maximum Gasteiger partial charge on any atom is 0.343 e. The number of ether oxygens (including phenoxy) is 1. The number of nitro benzene ring substituents is 1. The topological polar surface area (TPSA) is 107 Å². The number of imide groups is 1. The zero-order chi connectivity index (χ0) is 24.2. The smallest absolute Gasteiger partial charge is 0.343 e. The van der Waals surface area contributed by atoms with Crippen molar-refractivity contribution < 1.29 is 28.4 Å². The maximum atomic E-state index is 13.0. The summed E-state index contributed by atoms with van der Waals surface area (Å²) < 4.78 is 18.2. The van der Waals surface area contributed by atoms with Crippen molar-refractivity contribution in [1.82, 2.24) is 4.90 Å². The van der Waals surface area contributed by atoms with E-state index in [4.69, 9.17) is 4.74 Å². The predicted molar refractivity (Wildman–Crippen MR) is 122 cm³/mol. The highest BCUT2D eigenvalue weighted by Crippen LogP contribution is 2.33. The van der Waals surface area contributed by atoms with Gasteiger partial charge in [0.05, 0.1) is 21.9 Å². The van der Waals surface area contributed by atoms with Gasteiger partial charge in [-0.15, -0.1) is 0 Å². The lowest BCUT2D eigenvalue weighted by atomic mass is 10.2. The summed E-state index contributed by atoms with van der Waals surface area (Å²) in [6.45, 7) is -0.00171. The first-order valence-electron chi connectivity index (χ1n) is 9.87. The summed E-state index contributed by atoms with van der Waals surface area (Å²) in [5.41, 5.74) is 1.32. The minimum absolute atomic E-state index is 0.00171. The van der Waals surface area contributed by atoms with Crippen LogP contribution in [0.3, 0.4) is 0 Å². The van der Waals surface area contributed by atoms with Gasteiger partial charge in [-0.2, -0.15) is 0 Å². The molecule has 34 heavy (non-hydrogen) atoms. The van der Waals surface area contributed by atoms with Gasteiger partial charge in [0.15, 0.2) is 0 Å². The third kappa shape index (κ3) is 5.18. The van der Waals surface area contributed by atoms with Crippen molar-refractivity contribution in [3.8, 4) is 5.75 Å². The molecule has 1 fully saturated rings. The fraction of sp³-hybridized carbons (Fsp3) is 0.0417. The number of esters is 1. The zero-order valence-electron chi connectivity index (χ0n) is 17.3. The van der Waals surface area contributed by atoms with Gasteiger partial charge in [0, 0.05) is 12.1 Å². The number of halogens is 1. The molecule has 0 radical (unpaired) electrons. The summed E-state index contributed by atoms with van der Waals surface area (Å²) in [6.07, 6.45) is 1.55. The van der Waals surface area contributed by atoms with Crippen LogP contribution in [-0.4, -0.2) is 26.9 Å². The molecule has 10 heteroatoms. The molecule has 3 aromatic carbocycles. The first-order chi connectivity index (χ1) is 16.3. The zero-order valence-corrected chi connectivity index (χ0v) is 18.2. The molecular weight excluding hydrogens is 463 g/mol. The molecular formula is C24H15FN2O6S. The summed E-state index contributed by atoms with van der Waals surface area (Å²) in [5.74, 6) is -1.31. The van der Waals surface area contributed by atoms with Crippen molar-refractivity contribution in [3.63, 3.8) is 0 Å². The van der Waals surface area contributed by atoms with Crippen LogP contribution in [0.1, 0.15) is 21.5 Å². The number of hydrogen-bond acceptors (Lipinski definition) is 7. The second kappa shape index (κ2) is 9.67. The molecule has 170 valence electrons. The number of nitro groups is 1. The molecule has 1 aliphatic rings. The van der Waals surface area contributed by atoms with Gasteiger partial charge in [-0.25, -0.2) is 9.18 Å². The lowest BCUT2D eigenvalue weighted by Crippen LogP contribution is -2.27. The maximum absolute atomic E-state index is 13.0. The van der Waals surface area contributed by atoms with Gasteiger partial charge < -0.3 is 4.74 Å². The van der Waals surface area contributed by atoms with Gasteiger partial charge in [0.25, 0.3) is 16.8 Å². The summed E-state index contributed by atoms with van der Waals surface area (Å²) >= 11 is 0.792. The Bertz CT molecular complexity index is 1300. The lowest BCUT2D eigenvalue weighted by molar-refractivity contribution is -0.384. The molecule has 0 spiro atoms. The Hall–Kier alpha value is -4.31. The van der Waals surface area contributed by atoms with Crippen LogP contribution in [0, 0.1) is 15.9 Å². The van der Waals surface area contributed by atoms with Crippen molar-refractivity contribution in [3.05, 3.63) is 110 Å². The molecule has 1 saturated heterocycles. The van der Waals surface area contributed by atoms with Gasteiger partial charge in [0.2, 0.25) is 0 Å². The molecule has 0 atom stereocenters. The highest BCUT2D eigenvalue weighted by atomic mass is 32.2. The Morgan fingerprint density at radius 1 is 1.00 bits per heavy atom. The summed E-state index contributed by atoms with van der Waals surface area (Å²) in [5, 5.41) is 10.3. The Morgan fingerprint density at radius 3 is 2.26 bits per heavy atom. The van der Waals surface area contributed by atoms with Crippen LogP contribution in [0.25, 0.3) is 6.08 Å². The number of rotatable bonds is 6. The number of non-ortho nitro benzene ring substituents is 1. The number of nitrogens with zero attached hydrogens (tertiary/aromatic N) is 2. The SMILES string of the molecule is O=C(Oc1ccc(/C=C2\SC(=O)N(Cc3ccc([N+](=O)[O-])cc3)C2=O)cc1)c1ccc(F)cc1. The van der Waals surface area contributed by atoms with E-state index < -0.39 is 27.9 Å². The fourth-order valence-corrected chi connectivity index (χ4v) is 3.92. The number of thioether (sulfide) groups is 1. The van der Waals surface area contributed by atoms with Crippen LogP contribution in [-0.2, 0) is 11.3 Å². The Kier molecular flexibility index (Phi) is 6.51. The average Bonchev–Trinajstić information content (AvgIpc) is 3.08. The van der Waals surface area contributed by atoms with E-state index in [1.165, 1.54) is 48.5 Å². The molecule has 8 nitrogen and oxygen atoms in total. The van der Waals surface area contributed by atoms with Crippen LogP contribution in [0.4, 0.5) is 14.9 Å². The van der Waals surface area contributed by atoms with E-state index in [2.05, 4.69) is 0 Å². The summed E-state index contributed by atoms with van der Waals surface area (Å²) in [4.78, 5) is 48.7. The third-order valence-corrected chi connectivity index (χ3v) is 5.74. The van der Waals surface area contributed by atoms with E-state index in [0.717, 1.165) is 28.8 Å². The first-order valence-corrected chi connectivity index (χ1v) is 10.7. The number of carbonyl (C=O) groups is 3. The molecule has 0 unspecified atom stereocenters. The van der Waals surface area contributed by atoms with Gasteiger partial charge in [-0.3, -0.25) is 24.6 Å². The second-order valence-corrected chi connectivity index (χ2v) is 8.15. The standard InChI is InChI=1S/C24H15FN2O6S/c25-18-7-5-17(6-8-18)23(29)33-20-11-3-15(4-12-20)13-21-22(28)26(24(30)34-21)14-16-1-9-19(10-2-16)27(31)32/h1-13H,14H2/b21-13-. The molecule has 1 heterocycles. The Morgan fingerprint density at radius 2 is 1.65 bits per heavy atom. The molecule has 4 rings (SSSR count). The molecule has 2 amide bonds. The minimum atomic E-state index is -0.639. The van der Waals surface area contributed by atoms with Gasteiger partial charge in [-0.05, 0) is 65.4 Å². The van der Waals surface area contributed by atoms with E-state index in [-0.39, 0.29) is 28.5 Å². The van der Waals surface area contributed by atoms with Crippen molar-refractivity contribution >= 4 is 40.6 Å². The van der Waals surface area contributed by atoms with Gasteiger partial charge >= 0.3 is 5.97 Å². The van der Waals surface area contributed by atoms with Crippen molar-refractivity contribution in [2.75, 3.05) is 0 Å². The van der Waals surface area contributed by atoms with E-state index in [1.807, 2.05) is 0 Å². The van der Waals surface area contributed by atoms with E-state index in [9.17, 15) is 28.9 Å². The highest BCUT2D eigenvalue weighted by molar-refractivity contribution is 8.18. The number of carbonyl (C=O) groups excluding carboxylic acids is 3. The van der Waals surface area contributed by atoms with Crippen LogP contribution in [0.2, 0.25) is 0 Å². The van der Waals surface area contributed by atoms with Crippen LogP contribution >= 0.6 is 11.8 Å². The van der Waals surface area contributed by atoms with Crippen LogP contribution in [0.5, 0.6) is 5.75 Å². The molecule has 0 N–H and O–H groups in total. The number of hydrogen-bond donors (Lipinski definition) is 0. The largest absolute Gasteiger partial charge is 0.423 e. The van der Waals surface area contributed by atoms with E-state index >= 15 is 0 Å². The van der Waals surface area contributed by atoms with Gasteiger partial charge in [-0.1, -0.05) is 24.3 Å². The monoisotopic (exact) mass is 478 g/mol. The predicted octanol–water partition coefficient (Wildman–Crippen LogP) is 5.19. The number of benzene rings is 3. The summed E-state index contributed by atoms with van der Waals surface area (Å²) in [7, 11) is 0. The van der Waals surface area contributed by atoms with Crippen molar-refractivity contribution in [2.45, 2.75) is 6.54 Å². The molecule has 0 bridgehead atoms. The molecule has 0 aliphatic carbocycles. The average molecular weight is 478 g/mol. The molecule has 3 aromatic rings. The molecule has 0 aromatic heterocycles. The minimum Gasteiger partial charge on any atom is -0.423 e. The quantitative estimate of drug-likeness (QED) is 0.158. The van der Waals surface area contributed by atoms with Gasteiger partial charge in [0.1, 0.15) is 11.6 Å². The summed E-state index contributed by atoms with van der Waals surface area (Å²) in [6, 6.07) is 16.9. The van der Waals surface area contributed by atoms with E-state index in [0.29, 0.717) is 11.1 Å². The number of amides is 2. The molecule has 0 saturated carbocycles. The lowest BCUT2D eigenvalue weighted by Gasteiger charge is -2.12.